The van der Waals surface area contributed by atoms with Gasteiger partial charge in [0.05, 0.1) is 11.8 Å². The van der Waals surface area contributed by atoms with Crippen LogP contribution in [0.5, 0.6) is 11.5 Å². The third-order valence-electron chi connectivity index (χ3n) is 3.91. The molecule has 2 aromatic rings. The van der Waals surface area contributed by atoms with E-state index in [-0.39, 0.29) is 17.5 Å². The SMILES string of the molecule is O=C(Nc1ccccc1OC(F)F)c1cccc(OCC2CCCO2)c1. The summed E-state index contributed by atoms with van der Waals surface area (Å²) in [7, 11) is 0. The van der Waals surface area contributed by atoms with Crippen molar-refractivity contribution in [2.45, 2.75) is 25.6 Å². The number of halogens is 2. The molecule has 1 aliphatic rings. The second kappa shape index (κ2) is 8.62. The average Bonchev–Trinajstić information content (AvgIpc) is 3.15. The van der Waals surface area contributed by atoms with E-state index in [0.717, 1.165) is 19.4 Å². The zero-order chi connectivity index (χ0) is 18.4. The Labute approximate surface area is 149 Å². The quantitative estimate of drug-likeness (QED) is 0.805. The Kier molecular flexibility index (Phi) is 6.01. The van der Waals surface area contributed by atoms with Crippen LogP contribution >= 0.6 is 0 Å². The molecule has 1 unspecified atom stereocenters. The largest absolute Gasteiger partial charge is 0.491 e. The summed E-state index contributed by atoms with van der Waals surface area (Å²) in [4.78, 5) is 12.4. The summed E-state index contributed by atoms with van der Waals surface area (Å²) in [6.45, 7) is -1.80. The van der Waals surface area contributed by atoms with E-state index in [9.17, 15) is 13.6 Å². The van der Waals surface area contributed by atoms with E-state index in [4.69, 9.17) is 9.47 Å². The number of hydrogen-bond donors (Lipinski definition) is 1. The normalized spacial score (nSPS) is 16.5. The van der Waals surface area contributed by atoms with Crippen molar-refractivity contribution in [3.05, 3.63) is 54.1 Å². The number of hydrogen-bond acceptors (Lipinski definition) is 4. The van der Waals surface area contributed by atoms with Crippen molar-refractivity contribution in [3.63, 3.8) is 0 Å². The molecule has 1 amide bonds. The van der Waals surface area contributed by atoms with Crippen LogP contribution in [0.15, 0.2) is 48.5 Å². The van der Waals surface area contributed by atoms with Gasteiger partial charge in [-0.25, -0.2) is 0 Å². The number of para-hydroxylation sites is 2. The summed E-state index contributed by atoms with van der Waals surface area (Å²) in [5.41, 5.74) is 0.519. The fourth-order valence-electron chi connectivity index (χ4n) is 2.66. The van der Waals surface area contributed by atoms with Gasteiger partial charge in [-0.1, -0.05) is 18.2 Å². The lowest BCUT2D eigenvalue weighted by Crippen LogP contribution is -2.17. The van der Waals surface area contributed by atoms with Crippen LogP contribution in [0.25, 0.3) is 0 Å². The number of rotatable bonds is 7. The molecule has 26 heavy (non-hydrogen) atoms. The average molecular weight is 363 g/mol. The van der Waals surface area contributed by atoms with Gasteiger partial charge in [-0.05, 0) is 43.2 Å². The summed E-state index contributed by atoms with van der Waals surface area (Å²) in [6, 6.07) is 12.7. The number of carbonyl (C=O) groups is 1. The van der Waals surface area contributed by atoms with Crippen molar-refractivity contribution in [2.24, 2.45) is 0 Å². The molecule has 1 aliphatic heterocycles. The van der Waals surface area contributed by atoms with Crippen LogP contribution < -0.4 is 14.8 Å². The molecule has 1 fully saturated rings. The molecule has 0 spiro atoms. The van der Waals surface area contributed by atoms with Crippen molar-refractivity contribution in [2.75, 3.05) is 18.5 Å². The minimum Gasteiger partial charge on any atom is -0.491 e. The van der Waals surface area contributed by atoms with E-state index in [2.05, 4.69) is 10.1 Å². The Hall–Kier alpha value is -2.67. The first-order valence-electron chi connectivity index (χ1n) is 8.31. The summed E-state index contributed by atoms with van der Waals surface area (Å²) >= 11 is 0. The van der Waals surface area contributed by atoms with Gasteiger partial charge in [-0.15, -0.1) is 0 Å². The van der Waals surface area contributed by atoms with Gasteiger partial charge >= 0.3 is 6.61 Å². The molecule has 0 radical (unpaired) electrons. The predicted octanol–water partition coefficient (Wildman–Crippen LogP) is 4.10. The summed E-state index contributed by atoms with van der Waals surface area (Å²) in [5, 5.41) is 2.58. The maximum atomic E-state index is 12.5. The van der Waals surface area contributed by atoms with Crippen LogP contribution in [0.2, 0.25) is 0 Å². The molecule has 0 saturated carbocycles. The highest BCUT2D eigenvalue weighted by molar-refractivity contribution is 6.05. The summed E-state index contributed by atoms with van der Waals surface area (Å²) in [6.07, 6.45) is 2.06. The number of ether oxygens (including phenoxy) is 3. The Morgan fingerprint density at radius 2 is 2.08 bits per heavy atom. The van der Waals surface area contributed by atoms with Gasteiger partial charge in [0.25, 0.3) is 5.91 Å². The van der Waals surface area contributed by atoms with E-state index in [1.165, 1.54) is 12.1 Å². The van der Waals surface area contributed by atoms with Crippen molar-refractivity contribution < 1.29 is 27.8 Å². The van der Waals surface area contributed by atoms with Crippen molar-refractivity contribution >= 4 is 11.6 Å². The lowest BCUT2D eigenvalue weighted by Gasteiger charge is -2.13. The maximum absolute atomic E-state index is 12.5. The van der Waals surface area contributed by atoms with E-state index >= 15 is 0 Å². The van der Waals surface area contributed by atoms with Gasteiger partial charge in [0.2, 0.25) is 0 Å². The fraction of sp³-hybridized carbons (Fsp3) is 0.316. The minimum absolute atomic E-state index is 0.0749. The number of benzene rings is 2. The van der Waals surface area contributed by atoms with Crippen LogP contribution in [-0.4, -0.2) is 31.8 Å². The molecule has 1 heterocycles. The van der Waals surface area contributed by atoms with Gasteiger partial charge in [-0.3, -0.25) is 4.79 Å². The molecule has 1 atom stereocenters. The van der Waals surface area contributed by atoms with Gasteiger partial charge in [-0.2, -0.15) is 8.78 Å². The number of amides is 1. The third kappa shape index (κ3) is 4.92. The number of anilines is 1. The molecule has 0 aliphatic carbocycles. The molecule has 138 valence electrons. The second-order valence-electron chi connectivity index (χ2n) is 5.80. The lowest BCUT2D eigenvalue weighted by atomic mass is 10.2. The first-order valence-corrected chi connectivity index (χ1v) is 8.31. The van der Waals surface area contributed by atoms with Crippen molar-refractivity contribution in [1.82, 2.24) is 0 Å². The third-order valence-corrected chi connectivity index (χ3v) is 3.91. The fourth-order valence-corrected chi connectivity index (χ4v) is 2.66. The van der Waals surface area contributed by atoms with Gasteiger partial charge < -0.3 is 19.5 Å². The van der Waals surface area contributed by atoms with Gasteiger partial charge in [0.15, 0.2) is 0 Å². The molecule has 5 nitrogen and oxygen atoms in total. The Balaban J connectivity index is 1.65. The molecule has 7 heteroatoms. The van der Waals surface area contributed by atoms with Crippen molar-refractivity contribution in [1.29, 1.82) is 0 Å². The Morgan fingerprint density at radius 1 is 1.23 bits per heavy atom. The van der Waals surface area contributed by atoms with Gasteiger partial charge in [0.1, 0.15) is 18.1 Å². The molecule has 1 saturated heterocycles. The molecule has 0 bridgehead atoms. The van der Waals surface area contributed by atoms with Crippen LogP contribution in [0.1, 0.15) is 23.2 Å². The first-order chi connectivity index (χ1) is 12.6. The minimum atomic E-state index is -2.97. The highest BCUT2D eigenvalue weighted by Crippen LogP contribution is 2.26. The summed E-state index contributed by atoms with van der Waals surface area (Å²) in [5.74, 6) is 0.00443. The van der Waals surface area contributed by atoms with Crippen molar-refractivity contribution in [3.8, 4) is 11.5 Å². The smallest absolute Gasteiger partial charge is 0.387 e. The molecular weight excluding hydrogens is 344 g/mol. The lowest BCUT2D eigenvalue weighted by molar-refractivity contribution is -0.0493. The van der Waals surface area contributed by atoms with Crippen LogP contribution in [0, 0.1) is 0 Å². The number of carbonyl (C=O) groups excluding carboxylic acids is 1. The van der Waals surface area contributed by atoms with E-state index in [0.29, 0.717) is 17.9 Å². The van der Waals surface area contributed by atoms with E-state index < -0.39 is 12.5 Å². The standard InChI is InChI=1S/C19H19F2NO4/c20-19(21)26-17-9-2-1-8-16(17)22-18(23)13-5-3-6-14(11-13)25-12-15-7-4-10-24-15/h1-3,5-6,8-9,11,15,19H,4,7,10,12H2,(H,22,23). The van der Waals surface area contributed by atoms with Crippen LogP contribution in [-0.2, 0) is 4.74 Å². The highest BCUT2D eigenvalue weighted by Gasteiger charge is 2.17. The maximum Gasteiger partial charge on any atom is 0.387 e. The predicted molar refractivity (Wildman–Crippen MR) is 91.9 cm³/mol. The summed E-state index contributed by atoms with van der Waals surface area (Å²) < 4.78 is 40.5. The number of nitrogens with one attached hydrogen (secondary N) is 1. The van der Waals surface area contributed by atoms with Crippen LogP contribution in [0.3, 0.4) is 0 Å². The van der Waals surface area contributed by atoms with E-state index in [1.807, 2.05) is 0 Å². The first kappa shape index (κ1) is 18.1. The second-order valence-corrected chi connectivity index (χ2v) is 5.80. The molecule has 1 N–H and O–H groups in total. The highest BCUT2D eigenvalue weighted by atomic mass is 19.3. The topological polar surface area (TPSA) is 56.8 Å². The molecule has 0 aromatic heterocycles. The monoisotopic (exact) mass is 363 g/mol. The van der Waals surface area contributed by atoms with Crippen LogP contribution in [0.4, 0.5) is 14.5 Å². The Bertz CT molecular complexity index is 748. The zero-order valence-corrected chi connectivity index (χ0v) is 14.0. The molecular formula is C19H19F2NO4. The van der Waals surface area contributed by atoms with Gasteiger partial charge in [0, 0.05) is 12.2 Å². The zero-order valence-electron chi connectivity index (χ0n) is 14.0. The van der Waals surface area contributed by atoms with E-state index in [1.54, 1.807) is 36.4 Å². The Morgan fingerprint density at radius 3 is 2.85 bits per heavy atom. The molecule has 2 aromatic carbocycles. The molecule has 3 rings (SSSR count). The number of alkyl halides is 2.